The molecule has 22 heavy (non-hydrogen) atoms. The molecule has 0 unspecified atom stereocenters. The second-order valence-electron chi connectivity index (χ2n) is 7.98. The van der Waals surface area contributed by atoms with Gasteiger partial charge < -0.3 is 0 Å². The van der Waals surface area contributed by atoms with Crippen LogP contribution in [-0.4, -0.2) is 17.3 Å². The minimum atomic E-state index is 0.460. The summed E-state index contributed by atoms with van der Waals surface area (Å²) < 4.78 is 0. The maximum Gasteiger partial charge on any atom is 0.00719 e. The average Bonchev–Trinajstić information content (AvgIpc) is 2.38. The third-order valence-electron chi connectivity index (χ3n) is 3.06. The van der Waals surface area contributed by atoms with Crippen LogP contribution in [0.1, 0.15) is 61.3 Å². The smallest absolute Gasteiger partial charge is 0.00719 e. The van der Waals surface area contributed by atoms with Crippen molar-refractivity contribution >= 4 is 23.5 Å². The average molecular weight is 341 g/mol. The van der Waals surface area contributed by atoms with Gasteiger partial charge in [-0.1, -0.05) is 66.7 Å². The van der Waals surface area contributed by atoms with Gasteiger partial charge in [0.15, 0.2) is 0 Å². The molecule has 0 fully saturated rings. The van der Waals surface area contributed by atoms with Crippen LogP contribution >= 0.6 is 23.5 Å². The predicted molar refractivity (Wildman–Crippen MR) is 108 cm³/mol. The molecule has 0 spiro atoms. The lowest BCUT2D eigenvalue weighted by molar-refractivity contribution is 0.401. The van der Waals surface area contributed by atoms with Crippen LogP contribution in [0.2, 0.25) is 0 Å². The van der Waals surface area contributed by atoms with Crippen molar-refractivity contribution < 1.29 is 0 Å². The molecule has 0 aliphatic heterocycles. The van der Waals surface area contributed by atoms with E-state index in [0.29, 0.717) is 10.8 Å². The van der Waals surface area contributed by atoms with Crippen LogP contribution < -0.4 is 0 Å². The Bertz CT molecular complexity index is 358. The van der Waals surface area contributed by atoms with E-state index in [9.17, 15) is 0 Å². The highest BCUT2D eigenvalue weighted by atomic mass is 32.2. The van der Waals surface area contributed by atoms with Crippen molar-refractivity contribution in [2.24, 2.45) is 10.8 Å². The second kappa shape index (κ2) is 11.5. The Kier molecular flexibility index (Phi) is 11.4. The molecule has 0 aromatic heterocycles. The van der Waals surface area contributed by atoms with Crippen LogP contribution in [-0.2, 0) is 0 Å². The largest absolute Gasteiger partial charge is 0.162 e. The van der Waals surface area contributed by atoms with Crippen LogP contribution in [0.5, 0.6) is 0 Å². The first kappa shape index (κ1) is 21.9. The fourth-order valence-corrected chi connectivity index (χ4v) is 3.86. The fourth-order valence-electron chi connectivity index (χ4n) is 1.51. The van der Waals surface area contributed by atoms with E-state index >= 15 is 0 Å². The zero-order chi connectivity index (χ0) is 17.1. The number of hydrogen-bond donors (Lipinski definition) is 0. The summed E-state index contributed by atoms with van der Waals surface area (Å²) in [6, 6.07) is 10.6. The van der Waals surface area contributed by atoms with Gasteiger partial charge >= 0.3 is 0 Å². The quantitative estimate of drug-likeness (QED) is 0.391. The first-order valence-corrected chi connectivity index (χ1v) is 10.5. The third-order valence-corrected chi connectivity index (χ3v) is 4.98. The van der Waals surface area contributed by atoms with Crippen LogP contribution in [0.25, 0.3) is 0 Å². The Hall–Kier alpha value is -0.0800. The van der Waals surface area contributed by atoms with E-state index in [-0.39, 0.29) is 0 Å². The summed E-state index contributed by atoms with van der Waals surface area (Å²) in [4.78, 5) is 1.38. The van der Waals surface area contributed by atoms with Crippen LogP contribution in [0.3, 0.4) is 0 Å². The normalized spacial score (nSPS) is 11.8. The van der Waals surface area contributed by atoms with Gasteiger partial charge in [-0.2, -0.15) is 11.8 Å². The van der Waals surface area contributed by atoms with Crippen molar-refractivity contribution in [1.29, 1.82) is 0 Å². The first-order valence-electron chi connectivity index (χ1n) is 8.40. The van der Waals surface area contributed by atoms with Gasteiger partial charge in [0.1, 0.15) is 0 Å². The lowest BCUT2D eigenvalue weighted by Crippen LogP contribution is -2.05. The van der Waals surface area contributed by atoms with E-state index in [2.05, 4.69) is 78.8 Å². The molecule has 1 aromatic carbocycles. The summed E-state index contributed by atoms with van der Waals surface area (Å²) in [6.45, 7) is 16.0. The molecule has 128 valence electrons. The number of benzene rings is 1. The highest BCUT2D eigenvalue weighted by molar-refractivity contribution is 7.99. The van der Waals surface area contributed by atoms with Crippen molar-refractivity contribution in [2.45, 2.75) is 66.2 Å². The van der Waals surface area contributed by atoms with Crippen molar-refractivity contribution in [1.82, 2.24) is 0 Å². The van der Waals surface area contributed by atoms with Gasteiger partial charge in [-0.05, 0) is 53.1 Å². The summed E-state index contributed by atoms with van der Waals surface area (Å²) in [7, 11) is 0. The standard InChI is InChI=1S/C12H18S.C8H18S/c1-12(2,3)9-10-13-11-7-5-4-6-8-11;1-5-9-7-6-8(2,3)4/h4-8H,9-10H2,1-3H3;5-7H2,1-4H3. The van der Waals surface area contributed by atoms with E-state index in [0.717, 1.165) is 0 Å². The molecule has 2 heteroatoms. The van der Waals surface area contributed by atoms with Gasteiger partial charge in [-0.15, -0.1) is 11.8 Å². The summed E-state index contributed by atoms with van der Waals surface area (Å²) >= 11 is 3.98. The Balaban J connectivity index is 0.000000433. The Morgan fingerprint density at radius 2 is 1.27 bits per heavy atom. The fraction of sp³-hybridized carbons (Fsp3) is 0.700. The minimum absolute atomic E-state index is 0.460. The lowest BCUT2D eigenvalue weighted by atomic mass is 9.94. The summed E-state index contributed by atoms with van der Waals surface area (Å²) in [5.41, 5.74) is 0.990. The minimum Gasteiger partial charge on any atom is -0.162 e. The Morgan fingerprint density at radius 1 is 0.773 bits per heavy atom. The molecule has 0 atom stereocenters. The molecule has 0 heterocycles. The second-order valence-corrected chi connectivity index (χ2v) is 10.5. The maximum absolute atomic E-state index is 2.29. The summed E-state index contributed by atoms with van der Waals surface area (Å²) in [6.07, 6.45) is 2.61. The van der Waals surface area contributed by atoms with E-state index in [1.807, 2.05) is 23.5 Å². The molecular weight excluding hydrogens is 304 g/mol. The summed E-state index contributed by atoms with van der Waals surface area (Å²) in [5.74, 6) is 3.80. The highest BCUT2D eigenvalue weighted by Crippen LogP contribution is 2.25. The van der Waals surface area contributed by atoms with Gasteiger partial charge in [-0.3, -0.25) is 0 Å². The first-order chi connectivity index (χ1) is 10.1. The number of hydrogen-bond acceptors (Lipinski definition) is 2. The van der Waals surface area contributed by atoms with Crippen LogP contribution in [0.4, 0.5) is 0 Å². The van der Waals surface area contributed by atoms with Crippen molar-refractivity contribution in [2.75, 3.05) is 17.3 Å². The van der Waals surface area contributed by atoms with Crippen molar-refractivity contribution in [3.8, 4) is 0 Å². The molecule has 0 saturated heterocycles. The topological polar surface area (TPSA) is 0 Å². The van der Waals surface area contributed by atoms with Crippen LogP contribution in [0.15, 0.2) is 35.2 Å². The highest BCUT2D eigenvalue weighted by Gasteiger charge is 2.09. The molecule has 0 bridgehead atoms. The SMILES string of the molecule is CC(C)(C)CCSc1ccccc1.CCSCCC(C)(C)C. The molecular formula is C20H36S2. The van der Waals surface area contributed by atoms with E-state index in [1.165, 1.54) is 35.0 Å². The van der Waals surface area contributed by atoms with Gasteiger partial charge in [0, 0.05) is 4.90 Å². The summed E-state index contributed by atoms with van der Waals surface area (Å²) in [5, 5.41) is 0. The predicted octanol–water partition coefficient (Wildman–Crippen LogP) is 7.39. The molecule has 0 N–H and O–H groups in total. The molecule has 0 aliphatic rings. The van der Waals surface area contributed by atoms with E-state index in [1.54, 1.807) is 0 Å². The van der Waals surface area contributed by atoms with Crippen molar-refractivity contribution in [3.05, 3.63) is 30.3 Å². The molecule has 0 aliphatic carbocycles. The zero-order valence-electron chi connectivity index (χ0n) is 15.7. The Labute approximate surface area is 148 Å². The molecule has 1 rings (SSSR count). The molecule has 1 aromatic rings. The van der Waals surface area contributed by atoms with Gasteiger partial charge in [0.25, 0.3) is 0 Å². The molecule has 0 amide bonds. The van der Waals surface area contributed by atoms with Gasteiger partial charge in [0.05, 0.1) is 0 Å². The van der Waals surface area contributed by atoms with E-state index in [4.69, 9.17) is 0 Å². The Morgan fingerprint density at radius 3 is 1.73 bits per heavy atom. The molecule has 0 saturated carbocycles. The third kappa shape index (κ3) is 16.3. The monoisotopic (exact) mass is 340 g/mol. The van der Waals surface area contributed by atoms with Gasteiger partial charge in [0.2, 0.25) is 0 Å². The van der Waals surface area contributed by atoms with Crippen molar-refractivity contribution in [3.63, 3.8) is 0 Å². The molecule has 0 nitrogen and oxygen atoms in total. The van der Waals surface area contributed by atoms with Gasteiger partial charge in [-0.25, -0.2) is 0 Å². The maximum atomic E-state index is 2.29. The van der Waals surface area contributed by atoms with E-state index < -0.39 is 0 Å². The number of thioether (sulfide) groups is 2. The zero-order valence-corrected chi connectivity index (χ0v) is 17.4. The molecule has 0 radical (unpaired) electrons. The lowest BCUT2D eigenvalue weighted by Gasteiger charge is -2.17. The number of rotatable bonds is 6. The van der Waals surface area contributed by atoms with Crippen LogP contribution in [0, 0.1) is 10.8 Å².